The van der Waals surface area contributed by atoms with Gasteiger partial charge < -0.3 is 10.6 Å². The summed E-state index contributed by atoms with van der Waals surface area (Å²) in [6.45, 7) is 8.83. The third-order valence-electron chi connectivity index (χ3n) is 3.62. The second kappa shape index (κ2) is 9.23. The summed E-state index contributed by atoms with van der Waals surface area (Å²) >= 11 is 0. The van der Waals surface area contributed by atoms with Crippen molar-refractivity contribution < 1.29 is 9.59 Å². The minimum atomic E-state index is -0.112. The number of benzene rings is 1. The Morgan fingerprint density at radius 2 is 1.55 bits per heavy atom. The van der Waals surface area contributed by atoms with Crippen LogP contribution in [0.4, 0.5) is 5.69 Å². The molecule has 0 aliphatic carbocycles. The number of nitrogens with one attached hydrogen (secondary N) is 2. The van der Waals surface area contributed by atoms with Crippen LogP contribution >= 0.6 is 0 Å². The van der Waals surface area contributed by atoms with E-state index >= 15 is 0 Å². The van der Waals surface area contributed by atoms with Gasteiger partial charge in [0.1, 0.15) is 0 Å². The maximum absolute atomic E-state index is 12.0. The van der Waals surface area contributed by atoms with Crippen LogP contribution in [0.2, 0.25) is 0 Å². The van der Waals surface area contributed by atoms with Crippen LogP contribution in [0.5, 0.6) is 0 Å². The number of carbonyl (C=O) groups excluding carboxylic acids is 2. The first-order valence-corrected chi connectivity index (χ1v) is 8.08. The molecule has 0 spiro atoms. The second-order valence-electron chi connectivity index (χ2n) is 5.88. The van der Waals surface area contributed by atoms with Crippen molar-refractivity contribution in [2.75, 3.05) is 11.9 Å². The molecule has 1 aromatic carbocycles. The average Bonchev–Trinajstić information content (AvgIpc) is 2.45. The molecular formula is C18H28N2O2. The van der Waals surface area contributed by atoms with Crippen LogP contribution in [-0.2, 0) is 9.59 Å². The maximum Gasteiger partial charge on any atom is 0.224 e. The minimum absolute atomic E-state index is 0.0522. The van der Waals surface area contributed by atoms with Gasteiger partial charge >= 0.3 is 0 Å². The van der Waals surface area contributed by atoms with E-state index in [0.29, 0.717) is 6.54 Å². The van der Waals surface area contributed by atoms with E-state index in [1.807, 2.05) is 32.9 Å². The lowest BCUT2D eigenvalue weighted by atomic mass is 10.0. The molecule has 2 amide bonds. The fraction of sp³-hybridized carbons (Fsp3) is 0.556. The number of rotatable bonds is 8. The number of hydrogen-bond donors (Lipinski definition) is 2. The van der Waals surface area contributed by atoms with Gasteiger partial charge in [-0.25, -0.2) is 0 Å². The number of carbonyl (C=O) groups is 2. The van der Waals surface area contributed by atoms with Crippen LogP contribution < -0.4 is 10.6 Å². The highest BCUT2D eigenvalue weighted by Gasteiger charge is 2.10. The van der Waals surface area contributed by atoms with E-state index < -0.39 is 0 Å². The Labute approximate surface area is 133 Å². The summed E-state index contributed by atoms with van der Waals surface area (Å²) in [5.41, 5.74) is 4.14. The lowest BCUT2D eigenvalue weighted by molar-refractivity contribution is -0.124. The summed E-state index contributed by atoms with van der Waals surface area (Å²) in [7, 11) is 0. The van der Waals surface area contributed by atoms with Gasteiger partial charge in [-0.15, -0.1) is 0 Å². The molecule has 0 saturated carbocycles. The molecule has 0 aliphatic rings. The highest BCUT2D eigenvalue weighted by atomic mass is 16.2. The average molecular weight is 304 g/mol. The predicted molar refractivity (Wildman–Crippen MR) is 91.1 cm³/mol. The fourth-order valence-corrected chi connectivity index (χ4v) is 2.50. The molecule has 1 aromatic rings. The number of unbranched alkanes of at least 4 members (excludes halogenated alkanes) is 2. The number of hydrogen-bond acceptors (Lipinski definition) is 2. The zero-order valence-electron chi connectivity index (χ0n) is 14.2. The normalized spacial score (nSPS) is 10.4. The van der Waals surface area contributed by atoms with E-state index in [0.717, 1.165) is 36.1 Å². The number of anilines is 1. The molecule has 122 valence electrons. The third-order valence-corrected chi connectivity index (χ3v) is 3.62. The van der Waals surface area contributed by atoms with Crippen LogP contribution in [0.3, 0.4) is 0 Å². The van der Waals surface area contributed by atoms with Crippen LogP contribution in [0, 0.1) is 20.8 Å². The van der Waals surface area contributed by atoms with Crippen molar-refractivity contribution in [2.45, 2.75) is 59.8 Å². The summed E-state index contributed by atoms with van der Waals surface area (Å²) in [4.78, 5) is 23.6. The Morgan fingerprint density at radius 1 is 0.955 bits per heavy atom. The highest BCUT2D eigenvalue weighted by Crippen LogP contribution is 2.22. The van der Waals surface area contributed by atoms with Crippen molar-refractivity contribution in [3.8, 4) is 0 Å². The van der Waals surface area contributed by atoms with E-state index in [1.165, 1.54) is 5.56 Å². The largest absolute Gasteiger partial charge is 0.356 e. The van der Waals surface area contributed by atoms with Crippen molar-refractivity contribution in [3.05, 3.63) is 28.8 Å². The van der Waals surface area contributed by atoms with Gasteiger partial charge in [0.25, 0.3) is 0 Å². The maximum atomic E-state index is 12.0. The zero-order chi connectivity index (χ0) is 16.5. The van der Waals surface area contributed by atoms with Gasteiger partial charge in [0, 0.05) is 25.1 Å². The lowest BCUT2D eigenvalue weighted by Crippen LogP contribution is -2.25. The summed E-state index contributed by atoms with van der Waals surface area (Å²) in [6, 6.07) is 4.09. The standard InChI is InChI=1S/C18H28N2O2/c1-5-6-7-10-19-16(21)8-9-17(22)20-18-14(3)11-13(2)12-15(18)4/h11-12H,5-10H2,1-4H3,(H,19,21)(H,20,22). The molecular weight excluding hydrogens is 276 g/mol. The van der Waals surface area contributed by atoms with Crippen molar-refractivity contribution in [1.82, 2.24) is 5.32 Å². The molecule has 0 radical (unpaired) electrons. The molecule has 1 rings (SSSR count). The number of aryl methyl sites for hydroxylation is 3. The Bertz CT molecular complexity index is 501. The van der Waals surface area contributed by atoms with Crippen molar-refractivity contribution in [1.29, 1.82) is 0 Å². The molecule has 0 aromatic heterocycles. The molecule has 0 fully saturated rings. The van der Waals surface area contributed by atoms with E-state index in [2.05, 4.69) is 17.6 Å². The smallest absolute Gasteiger partial charge is 0.224 e. The van der Waals surface area contributed by atoms with E-state index in [-0.39, 0.29) is 24.7 Å². The summed E-state index contributed by atoms with van der Waals surface area (Å²) in [5, 5.41) is 5.77. The van der Waals surface area contributed by atoms with Crippen LogP contribution in [0.25, 0.3) is 0 Å². The minimum Gasteiger partial charge on any atom is -0.356 e. The van der Waals surface area contributed by atoms with Gasteiger partial charge in [0.05, 0.1) is 0 Å². The topological polar surface area (TPSA) is 58.2 Å². The van der Waals surface area contributed by atoms with Crippen molar-refractivity contribution in [2.24, 2.45) is 0 Å². The Balaban J connectivity index is 2.39. The SMILES string of the molecule is CCCCCNC(=O)CCC(=O)Nc1c(C)cc(C)cc1C. The van der Waals surface area contributed by atoms with Gasteiger partial charge in [-0.2, -0.15) is 0 Å². The molecule has 4 nitrogen and oxygen atoms in total. The first kappa shape index (κ1) is 18.2. The molecule has 0 aliphatic heterocycles. The van der Waals surface area contributed by atoms with Gasteiger partial charge in [-0.05, 0) is 38.3 Å². The Hall–Kier alpha value is -1.84. The van der Waals surface area contributed by atoms with Crippen LogP contribution in [0.15, 0.2) is 12.1 Å². The van der Waals surface area contributed by atoms with E-state index in [9.17, 15) is 9.59 Å². The molecule has 0 unspecified atom stereocenters. The quantitative estimate of drug-likeness (QED) is 0.720. The predicted octanol–water partition coefficient (Wildman–Crippen LogP) is 3.64. The molecule has 2 N–H and O–H groups in total. The van der Waals surface area contributed by atoms with Crippen molar-refractivity contribution in [3.63, 3.8) is 0 Å². The summed E-state index contributed by atoms with van der Waals surface area (Å²) in [6.07, 6.45) is 3.70. The van der Waals surface area contributed by atoms with Gasteiger partial charge in [-0.3, -0.25) is 9.59 Å². The molecule has 0 saturated heterocycles. The molecule has 4 heteroatoms. The monoisotopic (exact) mass is 304 g/mol. The Morgan fingerprint density at radius 3 is 2.14 bits per heavy atom. The van der Waals surface area contributed by atoms with Crippen LogP contribution in [-0.4, -0.2) is 18.4 Å². The van der Waals surface area contributed by atoms with Gasteiger partial charge in [0.15, 0.2) is 0 Å². The van der Waals surface area contributed by atoms with Crippen LogP contribution in [0.1, 0.15) is 55.7 Å². The van der Waals surface area contributed by atoms with E-state index in [4.69, 9.17) is 0 Å². The van der Waals surface area contributed by atoms with Crippen molar-refractivity contribution >= 4 is 17.5 Å². The summed E-state index contributed by atoms with van der Waals surface area (Å²) in [5.74, 6) is -0.164. The first-order valence-electron chi connectivity index (χ1n) is 8.08. The highest BCUT2D eigenvalue weighted by molar-refractivity contribution is 5.94. The lowest BCUT2D eigenvalue weighted by Gasteiger charge is -2.12. The fourth-order valence-electron chi connectivity index (χ4n) is 2.50. The second-order valence-corrected chi connectivity index (χ2v) is 5.88. The molecule has 0 heterocycles. The Kier molecular flexibility index (Phi) is 7.64. The number of amides is 2. The molecule has 0 atom stereocenters. The molecule has 0 bridgehead atoms. The van der Waals surface area contributed by atoms with E-state index in [1.54, 1.807) is 0 Å². The van der Waals surface area contributed by atoms with Gasteiger partial charge in [0.2, 0.25) is 11.8 Å². The van der Waals surface area contributed by atoms with Gasteiger partial charge in [-0.1, -0.05) is 37.5 Å². The zero-order valence-corrected chi connectivity index (χ0v) is 14.2. The third kappa shape index (κ3) is 6.29. The summed E-state index contributed by atoms with van der Waals surface area (Å²) < 4.78 is 0. The first-order chi connectivity index (χ1) is 10.4. The molecule has 22 heavy (non-hydrogen) atoms.